The molecule has 2 aromatic rings. The molecule has 19 heavy (non-hydrogen) atoms. The Kier molecular flexibility index (Phi) is 3.10. The lowest BCUT2D eigenvalue weighted by molar-refractivity contribution is -0.384. The predicted molar refractivity (Wildman–Crippen MR) is 65.2 cm³/mol. The number of nitrogens with two attached hydrogens (primary N) is 2. The third kappa shape index (κ3) is 2.49. The standard InChI is InChI=1S/C10H10N6O3/c11-9-8(10(12)17)13-14-15(9)5-6-2-1-3-7(4-6)16(18)19/h1-4H,5,11H2,(H2,12,17). The molecule has 0 aliphatic heterocycles. The average Bonchev–Trinajstić information content (AvgIpc) is 2.71. The van der Waals surface area contributed by atoms with Crippen LogP contribution in [0.3, 0.4) is 0 Å². The maximum Gasteiger partial charge on any atom is 0.273 e. The minimum absolute atomic E-state index is 0.0269. The van der Waals surface area contributed by atoms with E-state index in [1.54, 1.807) is 12.1 Å². The molecule has 0 fully saturated rings. The lowest BCUT2D eigenvalue weighted by Gasteiger charge is -2.03. The smallest absolute Gasteiger partial charge is 0.273 e. The monoisotopic (exact) mass is 262 g/mol. The van der Waals surface area contributed by atoms with E-state index in [0.717, 1.165) is 0 Å². The van der Waals surface area contributed by atoms with Crippen LogP contribution in [0.15, 0.2) is 24.3 Å². The predicted octanol–water partition coefficient (Wildman–Crippen LogP) is -0.0843. The van der Waals surface area contributed by atoms with E-state index in [1.807, 2.05) is 0 Å². The zero-order chi connectivity index (χ0) is 14.0. The summed E-state index contributed by atoms with van der Waals surface area (Å²) in [7, 11) is 0. The molecule has 98 valence electrons. The Balaban J connectivity index is 2.29. The number of non-ortho nitro benzene ring substituents is 1. The van der Waals surface area contributed by atoms with Gasteiger partial charge in [0, 0.05) is 12.1 Å². The fraction of sp³-hybridized carbons (Fsp3) is 0.100. The van der Waals surface area contributed by atoms with Crippen molar-refractivity contribution in [3.63, 3.8) is 0 Å². The molecule has 0 unspecified atom stereocenters. The summed E-state index contributed by atoms with van der Waals surface area (Å²) in [4.78, 5) is 21.1. The van der Waals surface area contributed by atoms with E-state index in [1.165, 1.54) is 16.8 Å². The molecule has 1 aromatic heterocycles. The highest BCUT2D eigenvalue weighted by molar-refractivity contribution is 5.94. The van der Waals surface area contributed by atoms with Gasteiger partial charge in [-0.05, 0) is 5.56 Å². The van der Waals surface area contributed by atoms with Crippen LogP contribution >= 0.6 is 0 Å². The third-order valence-electron chi connectivity index (χ3n) is 2.46. The Hall–Kier alpha value is -2.97. The minimum Gasteiger partial charge on any atom is -0.382 e. The number of rotatable bonds is 4. The number of primary amides is 1. The Bertz CT molecular complexity index is 650. The molecule has 0 saturated heterocycles. The van der Waals surface area contributed by atoms with Crippen molar-refractivity contribution in [3.8, 4) is 0 Å². The number of aromatic nitrogens is 3. The molecule has 0 spiro atoms. The van der Waals surface area contributed by atoms with Gasteiger partial charge in [-0.15, -0.1) is 5.10 Å². The van der Waals surface area contributed by atoms with Gasteiger partial charge in [-0.2, -0.15) is 0 Å². The topological polar surface area (TPSA) is 143 Å². The number of hydrogen-bond donors (Lipinski definition) is 2. The SMILES string of the molecule is NC(=O)c1nnn(Cc2cccc([N+](=O)[O-])c2)c1N. The third-order valence-corrected chi connectivity index (χ3v) is 2.46. The molecule has 9 nitrogen and oxygen atoms in total. The first-order valence-electron chi connectivity index (χ1n) is 5.21. The molecular weight excluding hydrogens is 252 g/mol. The van der Waals surface area contributed by atoms with E-state index in [0.29, 0.717) is 5.56 Å². The number of nitro groups is 1. The van der Waals surface area contributed by atoms with Gasteiger partial charge < -0.3 is 11.5 Å². The van der Waals surface area contributed by atoms with Gasteiger partial charge in [0.05, 0.1) is 11.5 Å². The summed E-state index contributed by atoms with van der Waals surface area (Å²) in [5.41, 5.74) is 11.2. The molecule has 9 heteroatoms. The Morgan fingerprint density at radius 1 is 1.47 bits per heavy atom. The van der Waals surface area contributed by atoms with E-state index >= 15 is 0 Å². The van der Waals surface area contributed by atoms with E-state index in [2.05, 4.69) is 10.3 Å². The van der Waals surface area contributed by atoms with Gasteiger partial charge in [-0.25, -0.2) is 4.68 Å². The van der Waals surface area contributed by atoms with Crippen molar-refractivity contribution in [2.45, 2.75) is 6.54 Å². The van der Waals surface area contributed by atoms with Crippen LogP contribution < -0.4 is 11.5 Å². The molecule has 2 rings (SSSR count). The summed E-state index contributed by atoms with van der Waals surface area (Å²) in [5.74, 6) is -0.748. The summed E-state index contributed by atoms with van der Waals surface area (Å²) in [5, 5.41) is 17.9. The summed E-state index contributed by atoms with van der Waals surface area (Å²) in [6, 6.07) is 6.00. The first-order valence-corrected chi connectivity index (χ1v) is 5.21. The van der Waals surface area contributed by atoms with Gasteiger partial charge >= 0.3 is 0 Å². The number of nitrogen functional groups attached to an aromatic ring is 1. The van der Waals surface area contributed by atoms with E-state index in [4.69, 9.17) is 11.5 Å². The molecule has 1 aromatic carbocycles. The second kappa shape index (κ2) is 4.72. The highest BCUT2D eigenvalue weighted by Crippen LogP contribution is 2.15. The summed E-state index contributed by atoms with van der Waals surface area (Å²) < 4.78 is 1.25. The number of benzene rings is 1. The maximum atomic E-state index is 11.0. The van der Waals surface area contributed by atoms with Crippen LogP contribution in [0.4, 0.5) is 11.5 Å². The van der Waals surface area contributed by atoms with Crippen molar-refractivity contribution in [3.05, 3.63) is 45.6 Å². The highest BCUT2D eigenvalue weighted by Gasteiger charge is 2.15. The molecule has 0 aliphatic carbocycles. The first-order chi connectivity index (χ1) is 8.99. The number of hydrogen-bond acceptors (Lipinski definition) is 6. The van der Waals surface area contributed by atoms with E-state index < -0.39 is 10.8 Å². The fourth-order valence-electron chi connectivity index (χ4n) is 1.55. The number of nitrogens with zero attached hydrogens (tertiary/aromatic N) is 4. The van der Waals surface area contributed by atoms with Gasteiger partial charge in [-0.3, -0.25) is 14.9 Å². The van der Waals surface area contributed by atoms with E-state index in [9.17, 15) is 14.9 Å². The maximum absolute atomic E-state index is 11.0. The zero-order valence-corrected chi connectivity index (χ0v) is 9.68. The van der Waals surface area contributed by atoms with Crippen LogP contribution in [0.1, 0.15) is 16.1 Å². The van der Waals surface area contributed by atoms with Crippen LogP contribution in [0.25, 0.3) is 0 Å². The van der Waals surface area contributed by atoms with Gasteiger partial charge in [0.25, 0.3) is 11.6 Å². The Labute approximate surface area is 107 Å². The van der Waals surface area contributed by atoms with Gasteiger partial charge in [0.1, 0.15) is 0 Å². The molecule has 4 N–H and O–H groups in total. The number of anilines is 1. The number of amides is 1. The molecule has 0 atom stereocenters. The van der Waals surface area contributed by atoms with Crippen molar-refractivity contribution in [2.24, 2.45) is 5.73 Å². The van der Waals surface area contributed by atoms with Crippen LogP contribution in [0.2, 0.25) is 0 Å². The summed E-state index contributed by atoms with van der Waals surface area (Å²) in [6.07, 6.45) is 0. The quantitative estimate of drug-likeness (QED) is 0.582. The van der Waals surface area contributed by atoms with Crippen LogP contribution in [-0.2, 0) is 6.54 Å². The van der Waals surface area contributed by atoms with Crippen molar-refractivity contribution in [1.29, 1.82) is 0 Å². The van der Waals surface area contributed by atoms with Gasteiger partial charge in [0.2, 0.25) is 0 Å². The highest BCUT2D eigenvalue weighted by atomic mass is 16.6. The minimum atomic E-state index is -0.775. The average molecular weight is 262 g/mol. The first kappa shape index (κ1) is 12.5. The van der Waals surface area contributed by atoms with Crippen molar-refractivity contribution >= 4 is 17.4 Å². The zero-order valence-electron chi connectivity index (χ0n) is 9.68. The van der Waals surface area contributed by atoms with Gasteiger partial charge in [0.15, 0.2) is 11.5 Å². The molecule has 0 radical (unpaired) electrons. The lowest BCUT2D eigenvalue weighted by atomic mass is 10.2. The van der Waals surface area contributed by atoms with Crippen LogP contribution in [0.5, 0.6) is 0 Å². The van der Waals surface area contributed by atoms with Crippen LogP contribution in [0, 0.1) is 10.1 Å². The lowest BCUT2D eigenvalue weighted by Crippen LogP contribution is -2.14. The Morgan fingerprint density at radius 2 is 2.21 bits per heavy atom. The second-order valence-electron chi connectivity index (χ2n) is 3.77. The molecule has 1 amide bonds. The molecule has 0 saturated carbocycles. The van der Waals surface area contributed by atoms with Crippen molar-refractivity contribution in [1.82, 2.24) is 15.0 Å². The molecule has 1 heterocycles. The van der Waals surface area contributed by atoms with E-state index in [-0.39, 0.29) is 23.7 Å². The molecular formula is C10H10N6O3. The summed E-state index contributed by atoms with van der Waals surface area (Å²) in [6.45, 7) is 0.161. The second-order valence-corrected chi connectivity index (χ2v) is 3.77. The van der Waals surface area contributed by atoms with Gasteiger partial charge in [-0.1, -0.05) is 17.3 Å². The fourth-order valence-corrected chi connectivity index (χ4v) is 1.55. The van der Waals surface area contributed by atoms with Crippen LogP contribution in [-0.4, -0.2) is 25.8 Å². The largest absolute Gasteiger partial charge is 0.382 e. The molecule has 0 aliphatic rings. The summed E-state index contributed by atoms with van der Waals surface area (Å²) >= 11 is 0. The van der Waals surface area contributed by atoms with Crippen molar-refractivity contribution < 1.29 is 9.72 Å². The van der Waals surface area contributed by atoms with Crippen molar-refractivity contribution in [2.75, 3.05) is 5.73 Å². The number of carbonyl (C=O) groups excluding carboxylic acids is 1. The number of nitro benzene ring substituents is 1. The molecule has 0 bridgehead atoms. The normalized spacial score (nSPS) is 10.3. The number of carbonyl (C=O) groups is 1. The Morgan fingerprint density at radius 3 is 2.79 bits per heavy atom.